The third-order valence-corrected chi connectivity index (χ3v) is 4.06. The Morgan fingerprint density at radius 1 is 1.04 bits per heavy atom. The van der Waals surface area contributed by atoms with Crippen LogP contribution in [0.25, 0.3) is 0 Å². The number of carbonyl (C=O) groups is 2. The maximum Gasteiger partial charge on any atom is 0.311 e. The maximum atomic E-state index is 11.8. The fourth-order valence-electron chi connectivity index (χ4n) is 2.16. The van der Waals surface area contributed by atoms with Gasteiger partial charge in [-0.15, -0.1) is 0 Å². The van der Waals surface area contributed by atoms with E-state index in [4.69, 9.17) is 32.7 Å². The van der Waals surface area contributed by atoms with Crippen LogP contribution in [0.3, 0.4) is 0 Å². The first-order valence-electron chi connectivity index (χ1n) is 8.27. The fourth-order valence-corrected chi connectivity index (χ4v) is 2.66. The van der Waals surface area contributed by atoms with Crippen LogP contribution in [0.5, 0.6) is 5.75 Å². The summed E-state index contributed by atoms with van der Waals surface area (Å²) in [5, 5.41) is 0.754. The molecule has 0 aliphatic carbocycles. The van der Waals surface area contributed by atoms with Crippen molar-refractivity contribution in [3.05, 3.63) is 28.2 Å². The summed E-state index contributed by atoms with van der Waals surface area (Å²) in [6.07, 6.45) is 4.24. The molecule has 0 N–H and O–H groups in total. The molecular weight excluding hydrogens is 351 g/mol. The van der Waals surface area contributed by atoms with Crippen molar-refractivity contribution in [1.82, 2.24) is 0 Å². The van der Waals surface area contributed by atoms with E-state index in [9.17, 15) is 9.59 Å². The molecule has 1 aromatic rings. The van der Waals surface area contributed by atoms with Crippen LogP contribution in [0.2, 0.25) is 10.0 Å². The molecule has 0 aliphatic heterocycles. The van der Waals surface area contributed by atoms with Crippen LogP contribution >= 0.6 is 23.2 Å². The van der Waals surface area contributed by atoms with Crippen LogP contribution in [0.15, 0.2) is 18.2 Å². The van der Waals surface area contributed by atoms with Crippen LogP contribution in [-0.2, 0) is 14.3 Å². The van der Waals surface area contributed by atoms with Gasteiger partial charge in [-0.25, -0.2) is 0 Å². The number of carbonyl (C=O) groups excluding carboxylic acids is 2. The second-order valence-corrected chi connectivity index (χ2v) is 6.55. The minimum Gasteiger partial charge on any atom is -0.465 e. The van der Waals surface area contributed by atoms with Crippen molar-refractivity contribution in [2.24, 2.45) is 5.92 Å². The Kier molecular flexibility index (Phi) is 9.80. The SMILES string of the molecule is CCCCC(CC)COC(=O)CCC(=O)Oc1cc(Cl)cc(Cl)c1. The number of hydrogen-bond acceptors (Lipinski definition) is 4. The lowest BCUT2D eigenvalue weighted by molar-refractivity contribution is -0.148. The third kappa shape index (κ3) is 8.55. The first-order chi connectivity index (χ1) is 11.4. The topological polar surface area (TPSA) is 52.6 Å². The summed E-state index contributed by atoms with van der Waals surface area (Å²) in [7, 11) is 0. The van der Waals surface area contributed by atoms with Crippen molar-refractivity contribution in [2.45, 2.75) is 52.4 Å². The third-order valence-electron chi connectivity index (χ3n) is 3.62. The van der Waals surface area contributed by atoms with E-state index in [2.05, 4.69) is 13.8 Å². The van der Waals surface area contributed by atoms with Gasteiger partial charge in [-0.05, 0) is 30.5 Å². The van der Waals surface area contributed by atoms with Gasteiger partial charge in [-0.3, -0.25) is 9.59 Å². The number of halogens is 2. The second kappa shape index (κ2) is 11.3. The number of unbranched alkanes of at least 4 members (excludes halogenated alkanes) is 1. The summed E-state index contributed by atoms with van der Waals surface area (Å²) in [6.45, 7) is 4.63. The van der Waals surface area contributed by atoms with Gasteiger partial charge in [0.2, 0.25) is 0 Å². The number of hydrogen-bond donors (Lipinski definition) is 0. The van der Waals surface area contributed by atoms with Gasteiger partial charge in [0.15, 0.2) is 0 Å². The summed E-state index contributed by atoms with van der Waals surface area (Å²) < 4.78 is 10.4. The molecule has 0 fully saturated rings. The molecule has 4 nitrogen and oxygen atoms in total. The molecule has 0 radical (unpaired) electrons. The van der Waals surface area contributed by atoms with Crippen molar-refractivity contribution >= 4 is 35.1 Å². The average molecular weight is 375 g/mol. The van der Waals surface area contributed by atoms with Gasteiger partial charge in [0.1, 0.15) is 5.75 Å². The van der Waals surface area contributed by atoms with E-state index in [0.717, 1.165) is 25.7 Å². The van der Waals surface area contributed by atoms with E-state index in [1.165, 1.54) is 12.1 Å². The Morgan fingerprint density at radius 2 is 1.67 bits per heavy atom. The molecule has 0 aromatic heterocycles. The molecule has 0 saturated heterocycles. The minimum atomic E-state index is -0.525. The summed E-state index contributed by atoms with van der Waals surface area (Å²) in [4.78, 5) is 23.5. The highest BCUT2D eigenvalue weighted by atomic mass is 35.5. The molecule has 0 amide bonds. The Hall–Kier alpha value is -1.26. The van der Waals surface area contributed by atoms with Gasteiger partial charge in [0.05, 0.1) is 19.4 Å². The summed E-state index contributed by atoms with van der Waals surface area (Å²) in [6, 6.07) is 4.52. The Bertz CT molecular complexity index is 526. The molecule has 6 heteroatoms. The zero-order chi connectivity index (χ0) is 17.9. The Balaban J connectivity index is 2.31. The summed E-state index contributed by atoms with van der Waals surface area (Å²) in [5.74, 6) is -0.264. The first kappa shape index (κ1) is 20.8. The standard InChI is InChI=1S/C18H24Cl2O4/c1-3-5-6-13(4-2)12-23-17(21)7-8-18(22)24-16-10-14(19)9-15(20)11-16/h9-11,13H,3-8,12H2,1-2H3. The van der Waals surface area contributed by atoms with Crippen molar-refractivity contribution in [3.8, 4) is 5.75 Å². The zero-order valence-corrected chi connectivity index (χ0v) is 15.7. The van der Waals surface area contributed by atoms with Crippen molar-refractivity contribution in [1.29, 1.82) is 0 Å². The quantitative estimate of drug-likeness (QED) is 0.404. The number of ether oxygens (including phenoxy) is 2. The molecular formula is C18H24Cl2O4. The van der Waals surface area contributed by atoms with Gasteiger partial charge in [-0.1, -0.05) is 56.3 Å². The lowest BCUT2D eigenvalue weighted by Gasteiger charge is -2.14. The zero-order valence-electron chi connectivity index (χ0n) is 14.1. The summed E-state index contributed by atoms with van der Waals surface area (Å²) in [5.41, 5.74) is 0. The largest absolute Gasteiger partial charge is 0.465 e. The molecule has 1 rings (SSSR count). The molecule has 134 valence electrons. The molecule has 0 heterocycles. The highest BCUT2D eigenvalue weighted by Gasteiger charge is 2.13. The number of esters is 2. The highest BCUT2D eigenvalue weighted by Crippen LogP contribution is 2.24. The van der Waals surface area contributed by atoms with Crippen LogP contribution in [0.1, 0.15) is 52.4 Å². The normalized spacial score (nSPS) is 11.8. The smallest absolute Gasteiger partial charge is 0.311 e. The van der Waals surface area contributed by atoms with Gasteiger partial charge in [-0.2, -0.15) is 0 Å². The van der Waals surface area contributed by atoms with E-state index in [-0.39, 0.29) is 24.6 Å². The molecule has 0 bridgehead atoms. The van der Waals surface area contributed by atoms with Crippen molar-refractivity contribution in [3.63, 3.8) is 0 Å². The van der Waals surface area contributed by atoms with E-state index in [1.54, 1.807) is 6.07 Å². The van der Waals surface area contributed by atoms with Gasteiger partial charge < -0.3 is 9.47 Å². The van der Waals surface area contributed by atoms with E-state index in [1.807, 2.05) is 0 Å². The lowest BCUT2D eigenvalue weighted by atomic mass is 10.0. The molecule has 0 aliphatic rings. The molecule has 0 spiro atoms. The maximum absolute atomic E-state index is 11.8. The molecule has 24 heavy (non-hydrogen) atoms. The summed E-state index contributed by atoms with van der Waals surface area (Å²) >= 11 is 11.7. The molecule has 1 atom stereocenters. The minimum absolute atomic E-state index is 0.00264. The van der Waals surface area contributed by atoms with Crippen molar-refractivity contribution < 1.29 is 19.1 Å². The number of benzene rings is 1. The van der Waals surface area contributed by atoms with Crippen LogP contribution < -0.4 is 4.74 Å². The molecule has 0 saturated carbocycles. The van der Waals surface area contributed by atoms with Crippen LogP contribution in [-0.4, -0.2) is 18.5 Å². The number of rotatable bonds is 10. The van der Waals surface area contributed by atoms with E-state index < -0.39 is 5.97 Å². The molecule has 1 unspecified atom stereocenters. The van der Waals surface area contributed by atoms with Gasteiger partial charge >= 0.3 is 11.9 Å². The fraction of sp³-hybridized carbons (Fsp3) is 0.556. The molecule has 1 aromatic carbocycles. The van der Waals surface area contributed by atoms with E-state index in [0.29, 0.717) is 22.6 Å². The van der Waals surface area contributed by atoms with Gasteiger partial charge in [0, 0.05) is 10.0 Å². The van der Waals surface area contributed by atoms with Gasteiger partial charge in [0.25, 0.3) is 0 Å². The Morgan fingerprint density at radius 3 is 2.25 bits per heavy atom. The predicted molar refractivity (Wildman–Crippen MR) is 95.6 cm³/mol. The first-order valence-corrected chi connectivity index (χ1v) is 9.02. The average Bonchev–Trinajstić information content (AvgIpc) is 2.52. The monoisotopic (exact) mass is 374 g/mol. The predicted octanol–water partition coefficient (Wildman–Crippen LogP) is 5.44. The van der Waals surface area contributed by atoms with Crippen molar-refractivity contribution in [2.75, 3.05) is 6.61 Å². The van der Waals surface area contributed by atoms with Crippen LogP contribution in [0.4, 0.5) is 0 Å². The second-order valence-electron chi connectivity index (χ2n) is 5.68. The lowest BCUT2D eigenvalue weighted by Crippen LogP contribution is -2.16. The Labute approximate surface area is 153 Å². The highest BCUT2D eigenvalue weighted by molar-refractivity contribution is 6.34. The van der Waals surface area contributed by atoms with Crippen LogP contribution in [0, 0.1) is 5.92 Å². The van der Waals surface area contributed by atoms with E-state index >= 15 is 0 Å².